The first-order valence-corrected chi connectivity index (χ1v) is 10.8. The lowest BCUT2D eigenvalue weighted by molar-refractivity contribution is -0.141. The number of benzene rings is 2. The van der Waals surface area contributed by atoms with Gasteiger partial charge >= 0.3 is 0 Å². The Morgan fingerprint density at radius 2 is 1.74 bits per heavy atom. The summed E-state index contributed by atoms with van der Waals surface area (Å²) in [5.41, 5.74) is -3.54. The summed E-state index contributed by atoms with van der Waals surface area (Å²) in [6.07, 6.45) is 4.73. The standard InChI is InChI=1S/C26H35NO4/c1-24(2,29)22(27-23(28)26(4,30)20-10-6-5-7-11-20)19-12-14-21(15-13-19)31-18-25(3)16-8-9-17-25/h5-7,10-15,22,29-30H,8-9,16-18H2,1-4H3,(H,27,28)/t22-,26-/m1/s1/i4D3. The Morgan fingerprint density at radius 3 is 2.29 bits per heavy atom. The van der Waals surface area contributed by atoms with Crippen LogP contribution in [0.25, 0.3) is 0 Å². The predicted molar refractivity (Wildman–Crippen MR) is 122 cm³/mol. The maximum atomic E-state index is 13.2. The lowest BCUT2D eigenvalue weighted by Gasteiger charge is -2.33. The van der Waals surface area contributed by atoms with Crippen molar-refractivity contribution in [3.8, 4) is 5.75 Å². The molecule has 1 aliphatic rings. The Morgan fingerprint density at radius 1 is 1.13 bits per heavy atom. The van der Waals surface area contributed by atoms with E-state index in [0.29, 0.717) is 17.9 Å². The quantitative estimate of drug-likeness (QED) is 0.579. The van der Waals surface area contributed by atoms with Crippen molar-refractivity contribution < 1.29 is 23.9 Å². The molecule has 0 saturated heterocycles. The van der Waals surface area contributed by atoms with Crippen LogP contribution in [0.2, 0.25) is 0 Å². The van der Waals surface area contributed by atoms with Gasteiger partial charge in [-0.1, -0.05) is 62.2 Å². The van der Waals surface area contributed by atoms with Crippen LogP contribution in [0.1, 0.15) is 74.6 Å². The van der Waals surface area contributed by atoms with Gasteiger partial charge in [-0.2, -0.15) is 0 Å². The highest BCUT2D eigenvalue weighted by Crippen LogP contribution is 2.38. The van der Waals surface area contributed by atoms with Crippen molar-refractivity contribution in [2.45, 2.75) is 70.6 Å². The van der Waals surface area contributed by atoms with Gasteiger partial charge in [0.1, 0.15) is 5.75 Å². The van der Waals surface area contributed by atoms with Crippen LogP contribution in [-0.2, 0) is 10.4 Å². The van der Waals surface area contributed by atoms with E-state index in [1.807, 2.05) is 0 Å². The average molecular weight is 429 g/mol. The summed E-state index contributed by atoms with van der Waals surface area (Å²) in [5, 5.41) is 24.5. The van der Waals surface area contributed by atoms with Gasteiger partial charge < -0.3 is 20.3 Å². The summed E-state index contributed by atoms with van der Waals surface area (Å²) in [6, 6.07) is 13.6. The molecule has 2 atom stereocenters. The van der Waals surface area contributed by atoms with Crippen LogP contribution in [0, 0.1) is 5.41 Å². The molecule has 0 heterocycles. The molecule has 5 nitrogen and oxygen atoms in total. The first kappa shape index (κ1) is 19.3. The summed E-state index contributed by atoms with van der Waals surface area (Å²) in [5.74, 6) is -0.429. The van der Waals surface area contributed by atoms with E-state index in [0.717, 1.165) is 12.8 Å². The molecular formula is C26H35NO4. The molecule has 0 bridgehead atoms. The second-order valence-electron chi connectivity index (χ2n) is 9.51. The Labute approximate surface area is 189 Å². The molecule has 168 valence electrons. The molecule has 31 heavy (non-hydrogen) atoms. The van der Waals surface area contributed by atoms with Crippen molar-refractivity contribution in [2.24, 2.45) is 5.41 Å². The fraction of sp³-hybridized carbons (Fsp3) is 0.500. The number of nitrogens with one attached hydrogen (secondary N) is 1. The van der Waals surface area contributed by atoms with Gasteiger partial charge in [-0.25, -0.2) is 0 Å². The fourth-order valence-electron chi connectivity index (χ4n) is 4.10. The van der Waals surface area contributed by atoms with E-state index in [-0.39, 0.29) is 11.0 Å². The minimum Gasteiger partial charge on any atom is -0.493 e. The Kier molecular flexibility index (Phi) is 5.62. The fourth-order valence-corrected chi connectivity index (χ4v) is 4.10. The Bertz CT molecular complexity index is 964. The summed E-state index contributed by atoms with van der Waals surface area (Å²) in [4.78, 5) is 13.2. The van der Waals surface area contributed by atoms with Crippen molar-refractivity contribution in [1.29, 1.82) is 0 Å². The minimum atomic E-state index is -3.03. The third-order valence-corrected chi connectivity index (χ3v) is 6.11. The molecule has 3 rings (SSSR count). The predicted octanol–water partition coefficient (Wildman–Crippen LogP) is 4.48. The second kappa shape index (κ2) is 9.01. The van der Waals surface area contributed by atoms with E-state index in [2.05, 4.69) is 12.2 Å². The zero-order valence-corrected chi connectivity index (χ0v) is 18.5. The Hall–Kier alpha value is -2.37. The lowest BCUT2D eigenvalue weighted by Crippen LogP contribution is -2.49. The van der Waals surface area contributed by atoms with Crippen molar-refractivity contribution in [1.82, 2.24) is 5.32 Å². The van der Waals surface area contributed by atoms with Crippen molar-refractivity contribution >= 4 is 5.91 Å². The molecule has 0 spiro atoms. The van der Waals surface area contributed by atoms with Gasteiger partial charge in [-0.05, 0) is 56.8 Å². The highest BCUT2D eigenvalue weighted by Gasteiger charge is 2.38. The molecule has 2 aromatic carbocycles. The number of ether oxygens (including phenoxy) is 1. The lowest BCUT2D eigenvalue weighted by atomic mass is 9.89. The number of amides is 1. The molecule has 3 N–H and O–H groups in total. The number of hydrogen-bond acceptors (Lipinski definition) is 4. The minimum absolute atomic E-state index is 0.0499. The maximum absolute atomic E-state index is 13.2. The molecule has 0 unspecified atom stereocenters. The monoisotopic (exact) mass is 428 g/mol. The zero-order valence-electron chi connectivity index (χ0n) is 21.5. The SMILES string of the molecule is [2H]C([2H])([2H])[C@](O)(C(=O)N[C@H](c1ccc(OCC2(C)CCCC2)cc1)C(C)(C)O)c1ccccc1. The van der Waals surface area contributed by atoms with E-state index in [9.17, 15) is 15.0 Å². The molecular weight excluding hydrogens is 390 g/mol. The molecule has 1 amide bonds. The highest BCUT2D eigenvalue weighted by atomic mass is 16.5. The second-order valence-corrected chi connectivity index (χ2v) is 9.51. The molecule has 0 aliphatic heterocycles. The molecule has 0 aromatic heterocycles. The van der Waals surface area contributed by atoms with Crippen molar-refractivity contribution in [2.75, 3.05) is 6.61 Å². The van der Waals surface area contributed by atoms with Crippen LogP contribution in [0.15, 0.2) is 54.6 Å². The molecule has 0 radical (unpaired) electrons. The van der Waals surface area contributed by atoms with Crippen LogP contribution in [0.3, 0.4) is 0 Å². The van der Waals surface area contributed by atoms with Crippen molar-refractivity contribution in [3.05, 3.63) is 65.7 Å². The normalized spacial score (nSPS) is 20.6. The van der Waals surface area contributed by atoms with Crippen LogP contribution < -0.4 is 10.1 Å². The number of rotatable bonds is 8. The van der Waals surface area contributed by atoms with Gasteiger partial charge in [-0.15, -0.1) is 0 Å². The summed E-state index contributed by atoms with van der Waals surface area (Å²) in [7, 11) is 0. The Balaban J connectivity index is 1.82. The number of carbonyl (C=O) groups excluding carboxylic acids is 1. The third kappa shape index (κ3) is 5.66. The number of carbonyl (C=O) groups is 1. The molecule has 1 saturated carbocycles. The van der Waals surface area contributed by atoms with Crippen LogP contribution in [0.5, 0.6) is 5.75 Å². The van der Waals surface area contributed by atoms with E-state index < -0.39 is 30.0 Å². The first-order valence-electron chi connectivity index (χ1n) is 12.3. The van der Waals surface area contributed by atoms with Crippen LogP contribution in [-0.4, -0.2) is 28.3 Å². The van der Waals surface area contributed by atoms with Gasteiger partial charge in [0, 0.05) is 9.53 Å². The van der Waals surface area contributed by atoms with Gasteiger partial charge in [0.25, 0.3) is 5.91 Å². The number of hydrogen-bond donors (Lipinski definition) is 3. The zero-order chi connectivity index (χ0) is 25.2. The smallest absolute Gasteiger partial charge is 0.256 e. The van der Waals surface area contributed by atoms with Gasteiger partial charge in [0.2, 0.25) is 0 Å². The van der Waals surface area contributed by atoms with E-state index >= 15 is 0 Å². The van der Waals surface area contributed by atoms with E-state index in [4.69, 9.17) is 8.85 Å². The van der Waals surface area contributed by atoms with Gasteiger partial charge in [0.05, 0.1) is 18.2 Å². The topological polar surface area (TPSA) is 78.8 Å². The summed E-state index contributed by atoms with van der Waals surface area (Å²) < 4.78 is 29.6. The van der Waals surface area contributed by atoms with E-state index in [1.54, 1.807) is 42.5 Å². The van der Waals surface area contributed by atoms with Crippen molar-refractivity contribution in [3.63, 3.8) is 0 Å². The van der Waals surface area contributed by atoms with Crippen LogP contribution in [0.4, 0.5) is 0 Å². The van der Waals surface area contributed by atoms with E-state index in [1.165, 1.54) is 38.8 Å². The summed E-state index contributed by atoms with van der Waals surface area (Å²) >= 11 is 0. The highest BCUT2D eigenvalue weighted by molar-refractivity contribution is 5.86. The molecule has 1 fully saturated rings. The molecule has 2 aromatic rings. The molecule has 5 heteroatoms. The average Bonchev–Trinajstić information content (AvgIpc) is 3.21. The first-order chi connectivity index (χ1) is 15.8. The van der Waals surface area contributed by atoms with Crippen LogP contribution >= 0.6 is 0 Å². The number of aliphatic hydroxyl groups is 2. The third-order valence-electron chi connectivity index (χ3n) is 6.11. The van der Waals surface area contributed by atoms with Gasteiger partial charge in [0.15, 0.2) is 5.60 Å². The maximum Gasteiger partial charge on any atom is 0.256 e. The molecule has 1 aliphatic carbocycles. The van der Waals surface area contributed by atoms with Gasteiger partial charge in [-0.3, -0.25) is 4.79 Å². The largest absolute Gasteiger partial charge is 0.493 e. The summed E-state index contributed by atoms with van der Waals surface area (Å²) in [6.45, 7) is 2.85.